The highest BCUT2D eigenvalue weighted by atomic mass is 35.5. The maximum atomic E-state index is 12.7. The van der Waals surface area contributed by atoms with Crippen LogP contribution in [0.3, 0.4) is 0 Å². The highest BCUT2D eigenvalue weighted by Gasteiger charge is 2.39. The number of hydrogen-bond acceptors (Lipinski definition) is 5. The minimum absolute atomic E-state index is 0.0774. The quantitative estimate of drug-likeness (QED) is 0.620. The molecule has 0 saturated heterocycles. The molecule has 3 aromatic rings. The van der Waals surface area contributed by atoms with Crippen LogP contribution in [0.2, 0.25) is 5.02 Å². The Morgan fingerprint density at radius 2 is 2.00 bits per heavy atom. The van der Waals surface area contributed by atoms with Gasteiger partial charge in [-0.15, -0.1) is 0 Å². The van der Waals surface area contributed by atoms with E-state index in [-0.39, 0.29) is 17.6 Å². The third-order valence-corrected chi connectivity index (χ3v) is 7.87. The van der Waals surface area contributed by atoms with Crippen LogP contribution in [-0.4, -0.2) is 36.3 Å². The van der Waals surface area contributed by atoms with Gasteiger partial charge in [-0.1, -0.05) is 11.6 Å². The zero-order valence-electron chi connectivity index (χ0n) is 15.4. The predicted octanol–water partition coefficient (Wildman–Crippen LogP) is 3.51. The molecule has 6 nitrogen and oxygen atoms in total. The number of nitrogens with one attached hydrogen (secondary N) is 1. The zero-order chi connectivity index (χ0) is 20.2. The van der Waals surface area contributed by atoms with Crippen LogP contribution >= 0.6 is 11.6 Å². The molecule has 9 heteroatoms. The molecular weight excluding hydrogens is 411 g/mol. The summed E-state index contributed by atoms with van der Waals surface area (Å²) in [5, 5.41) is 11.6. The monoisotopic (exact) mass is 428 g/mol. The predicted molar refractivity (Wildman–Crippen MR) is 112 cm³/mol. The van der Waals surface area contributed by atoms with Gasteiger partial charge in [0, 0.05) is 22.2 Å². The number of H-pyrrole nitrogens is 1. The number of aromatic amines is 1. The second kappa shape index (κ2) is 6.90. The van der Waals surface area contributed by atoms with Gasteiger partial charge in [-0.3, -0.25) is 0 Å². The topological polar surface area (TPSA) is 92.3 Å². The van der Waals surface area contributed by atoms with Gasteiger partial charge in [0.1, 0.15) is 11.4 Å². The Hall–Kier alpha value is -2.29. The van der Waals surface area contributed by atoms with Crippen LogP contribution in [0.5, 0.6) is 5.75 Å². The second-order valence-electron chi connectivity index (χ2n) is 7.64. The average Bonchev–Trinajstić information content (AvgIpc) is 3.12. The van der Waals surface area contributed by atoms with Gasteiger partial charge in [-0.05, 0) is 66.6 Å². The van der Waals surface area contributed by atoms with Crippen LogP contribution in [0, 0.1) is 11.8 Å². The van der Waals surface area contributed by atoms with E-state index >= 15 is 0 Å². The van der Waals surface area contributed by atoms with Crippen LogP contribution in [-0.2, 0) is 9.84 Å². The number of allylic oxidation sites excluding steroid dienone is 1. The molecule has 1 saturated carbocycles. The van der Waals surface area contributed by atoms with Gasteiger partial charge in [0.2, 0.25) is 0 Å². The first-order valence-corrected chi connectivity index (χ1v) is 11.4. The highest BCUT2D eigenvalue weighted by Crippen LogP contribution is 2.48. The summed E-state index contributed by atoms with van der Waals surface area (Å²) >= 11 is 5.86. The summed E-state index contributed by atoms with van der Waals surface area (Å²) in [7, 11) is -4.38. The van der Waals surface area contributed by atoms with Crippen molar-refractivity contribution in [2.75, 3.05) is 5.75 Å². The van der Waals surface area contributed by atoms with Crippen molar-refractivity contribution in [1.29, 1.82) is 0 Å². The van der Waals surface area contributed by atoms with Gasteiger partial charge >= 0.3 is 7.12 Å². The summed E-state index contributed by atoms with van der Waals surface area (Å²) in [4.78, 5) is 7.72. The van der Waals surface area contributed by atoms with E-state index in [9.17, 15) is 13.4 Å². The number of pyridine rings is 1. The number of nitrogens with zero attached hydrogens (tertiary/aromatic N) is 1. The van der Waals surface area contributed by atoms with E-state index in [4.69, 9.17) is 16.3 Å². The van der Waals surface area contributed by atoms with Crippen molar-refractivity contribution in [3.05, 3.63) is 59.3 Å². The summed E-state index contributed by atoms with van der Waals surface area (Å²) in [6.45, 7) is 0. The van der Waals surface area contributed by atoms with E-state index in [1.807, 2.05) is 12.3 Å². The minimum Gasteiger partial charge on any atom is -0.531 e. The van der Waals surface area contributed by atoms with Crippen molar-refractivity contribution >= 4 is 45.2 Å². The number of rotatable bonds is 4. The van der Waals surface area contributed by atoms with Crippen LogP contribution in [0.15, 0.2) is 53.6 Å². The molecule has 148 valence electrons. The number of halogens is 1. The Morgan fingerprint density at radius 1 is 1.24 bits per heavy atom. The molecule has 2 aromatic heterocycles. The number of aromatic nitrogens is 2. The van der Waals surface area contributed by atoms with Crippen LogP contribution in [0.1, 0.15) is 18.4 Å². The van der Waals surface area contributed by atoms with Crippen LogP contribution in [0.25, 0.3) is 16.6 Å². The van der Waals surface area contributed by atoms with E-state index in [2.05, 4.69) is 9.97 Å². The largest absolute Gasteiger partial charge is 0.552 e. The van der Waals surface area contributed by atoms with Gasteiger partial charge in [-0.25, -0.2) is 13.4 Å². The molecule has 5 rings (SSSR count). The third-order valence-electron chi connectivity index (χ3n) is 5.71. The standard InChI is InChI=1S/C20H18BClN2O4S/c22-14-1-3-15(4-2-14)29(26,27)11-12-7-13(8-12)17-9-21(25)28-18-10-24-20-16(19(17)18)5-6-23-20/h1-6,9-10,12-13,25H,7-8,11H2,(H,23,24). The lowest BCUT2D eigenvalue weighted by Crippen LogP contribution is -2.33. The molecule has 1 aliphatic heterocycles. The van der Waals surface area contributed by atoms with Crippen molar-refractivity contribution in [3.63, 3.8) is 0 Å². The molecule has 29 heavy (non-hydrogen) atoms. The summed E-state index contributed by atoms with van der Waals surface area (Å²) in [6, 6.07) is 8.24. The molecular formula is C20H18BClN2O4S. The lowest BCUT2D eigenvalue weighted by molar-refractivity contribution is 0.273. The second-order valence-corrected chi connectivity index (χ2v) is 10.1. The Balaban J connectivity index is 1.36. The Kier molecular flexibility index (Phi) is 4.45. The van der Waals surface area contributed by atoms with E-state index in [0.717, 1.165) is 35.0 Å². The van der Waals surface area contributed by atoms with Gasteiger partial charge in [0.15, 0.2) is 9.84 Å². The maximum Gasteiger partial charge on any atom is 0.552 e. The van der Waals surface area contributed by atoms with Gasteiger partial charge in [-0.2, -0.15) is 0 Å². The SMILES string of the molecule is O=S(=O)(CC1CC(C2=CB(O)Oc3cnc4[nH]ccc4c32)C1)c1ccc(Cl)cc1. The van der Waals surface area contributed by atoms with Gasteiger partial charge in [0.05, 0.1) is 16.8 Å². The van der Waals surface area contributed by atoms with Gasteiger partial charge < -0.3 is 14.7 Å². The highest BCUT2D eigenvalue weighted by molar-refractivity contribution is 7.91. The molecule has 0 amide bonds. The number of benzene rings is 1. The molecule has 0 bridgehead atoms. The van der Waals surface area contributed by atoms with E-state index in [1.54, 1.807) is 36.4 Å². The molecule has 0 atom stereocenters. The summed E-state index contributed by atoms with van der Waals surface area (Å²) in [6.07, 6.45) is 4.94. The van der Waals surface area contributed by atoms with Crippen molar-refractivity contribution in [2.45, 2.75) is 17.7 Å². The maximum absolute atomic E-state index is 12.7. The fraction of sp³-hybridized carbons (Fsp3) is 0.250. The zero-order valence-corrected chi connectivity index (χ0v) is 16.9. The number of hydrogen-bond donors (Lipinski definition) is 2. The molecule has 2 aliphatic rings. The smallest absolute Gasteiger partial charge is 0.531 e. The Labute approximate surface area is 173 Å². The Morgan fingerprint density at radius 3 is 2.76 bits per heavy atom. The van der Waals surface area contributed by atoms with Crippen molar-refractivity contribution in [1.82, 2.24) is 9.97 Å². The minimum atomic E-state index is -3.36. The molecule has 1 fully saturated rings. The van der Waals surface area contributed by atoms with Crippen molar-refractivity contribution in [3.8, 4) is 5.75 Å². The third kappa shape index (κ3) is 3.35. The van der Waals surface area contributed by atoms with E-state index < -0.39 is 17.0 Å². The van der Waals surface area contributed by atoms with E-state index in [0.29, 0.717) is 15.7 Å². The van der Waals surface area contributed by atoms with Crippen LogP contribution < -0.4 is 4.65 Å². The van der Waals surface area contributed by atoms with E-state index in [1.165, 1.54) is 0 Å². The first-order valence-electron chi connectivity index (χ1n) is 9.42. The lowest BCUT2D eigenvalue weighted by Gasteiger charge is -2.38. The first kappa shape index (κ1) is 18.7. The molecule has 3 heterocycles. The fourth-order valence-electron chi connectivity index (χ4n) is 4.29. The number of sulfone groups is 1. The molecule has 0 radical (unpaired) electrons. The average molecular weight is 429 g/mol. The fourth-order valence-corrected chi connectivity index (χ4v) is 6.05. The summed E-state index contributed by atoms with van der Waals surface area (Å²) in [5.41, 5.74) is 2.70. The number of fused-ring (bicyclic) bond motifs is 3. The summed E-state index contributed by atoms with van der Waals surface area (Å²) < 4.78 is 30.9. The van der Waals surface area contributed by atoms with Crippen molar-refractivity contribution in [2.24, 2.45) is 11.8 Å². The van der Waals surface area contributed by atoms with Gasteiger partial charge in [0.25, 0.3) is 0 Å². The lowest BCUT2D eigenvalue weighted by atomic mass is 9.66. The van der Waals surface area contributed by atoms with Crippen LogP contribution in [0.4, 0.5) is 0 Å². The van der Waals surface area contributed by atoms with Crippen molar-refractivity contribution < 1.29 is 18.1 Å². The normalized spacial score (nSPS) is 21.3. The molecule has 0 unspecified atom stereocenters. The molecule has 1 aliphatic carbocycles. The Bertz CT molecular complexity index is 1220. The molecule has 2 N–H and O–H groups in total. The first-order chi connectivity index (χ1) is 13.9. The summed E-state index contributed by atoms with van der Waals surface area (Å²) in [5.74, 6) is 2.65. The molecule has 0 spiro atoms. The molecule has 1 aromatic carbocycles.